The van der Waals surface area contributed by atoms with E-state index in [1.807, 2.05) is 42.5 Å². The summed E-state index contributed by atoms with van der Waals surface area (Å²) in [5.74, 6) is 0.0580. The van der Waals surface area contributed by atoms with Crippen LogP contribution in [0.15, 0.2) is 84.9 Å². The number of nitrogens with one attached hydrogen (secondary N) is 2. The van der Waals surface area contributed by atoms with E-state index in [0.29, 0.717) is 16.5 Å². The van der Waals surface area contributed by atoms with Gasteiger partial charge < -0.3 is 5.32 Å². The number of hydrogen-bond donors (Lipinski definition) is 2. The molecule has 1 aliphatic heterocycles. The van der Waals surface area contributed by atoms with E-state index in [0.717, 1.165) is 17.5 Å². The van der Waals surface area contributed by atoms with E-state index in [2.05, 4.69) is 32.8 Å². The molecule has 5 rings (SSSR count). The summed E-state index contributed by atoms with van der Waals surface area (Å²) < 4.78 is 14.9. The number of aromatic nitrogens is 3. The van der Waals surface area contributed by atoms with Crippen LogP contribution in [0.4, 0.5) is 16.3 Å². The molecule has 0 fully saturated rings. The van der Waals surface area contributed by atoms with E-state index < -0.39 is 0 Å². The van der Waals surface area contributed by atoms with E-state index in [-0.39, 0.29) is 29.8 Å². The Hall–Kier alpha value is -3.97. The Labute approximate surface area is 201 Å². The zero-order valence-electron chi connectivity index (χ0n) is 18.0. The van der Waals surface area contributed by atoms with Crippen molar-refractivity contribution < 1.29 is 9.18 Å². The van der Waals surface area contributed by atoms with Gasteiger partial charge in [0, 0.05) is 11.1 Å². The number of fused-ring (bicyclic) bond motifs is 1. The van der Waals surface area contributed by atoms with Crippen molar-refractivity contribution in [1.82, 2.24) is 14.8 Å². The zero-order chi connectivity index (χ0) is 23.5. The van der Waals surface area contributed by atoms with Crippen LogP contribution in [-0.2, 0) is 4.79 Å². The van der Waals surface area contributed by atoms with Gasteiger partial charge in [-0.15, -0.1) is 5.10 Å². The molecule has 0 saturated carbocycles. The van der Waals surface area contributed by atoms with Crippen molar-refractivity contribution in [2.45, 2.75) is 18.5 Å². The molecule has 170 valence electrons. The lowest BCUT2D eigenvalue weighted by Gasteiger charge is -2.31. The minimum absolute atomic E-state index is 0.0282. The van der Waals surface area contributed by atoms with E-state index in [1.54, 1.807) is 22.9 Å². The van der Waals surface area contributed by atoms with E-state index in [4.69, 9.17) is 11.6 Å². The smallest absolute Gasteiger partial charge is 0.250 e. The van der Waals surface area contributed by atoms with Gasteiger partial charge in [-0.1, -0.05) is 66.2 Å². The lowest BCUT2D eigenvalue weighted by Crippen LogP contribution is -2.28. The molecular formula is C26H21ClFN5O. The van der Waals surface area contributed by atoms with Gasteiger partial charge in [0.25, 0.3) is 11.9 Å². The molecule has 2 heterocycles. The molecule has 0 radical (unpaired) electrons. The molecule has 0 aliphatic carbocycles. The van der Waals surface area contributed by atoms with E-state index >= 15 is 0 Å². The highest BCUT2D eigenvalue weighted by molar-refractivity contribution is 6.30. The van der Waals surface area contributed by atoms with Gasteiger partial charge in [-0.05, 0) is 53.5 Å². The predicted molar refractivity (Wildman–Crippen MR) is 131 cm³/mol. The first-order chi connectivity index (χ1) is 16.5. The number of carbonyl (C=O) groups is 1. The van der Waals surface area contributed by atoms with E-state index in [9.17, 15) is 9.18 Å². The standard InChI is InChI=1S/C26H21ClFN5O/c27-20-11-9-19(10-12-20)23-16-22(18-4-2-1-3-5-18)29-26-31-25(32-33(23)26)30-24(34)15-8-17-6-13-21(28)14-7-17/h1-15,22-23H,16H2,(H2,29,30,31,32,34)/b15-8+/t22-,23+/m1/s1. The van der Waals surface area contributed by atoms with Crippen LogP contribution < -0.4 is 10.6 Å². The molecule has 2 N–H and O–H groups in total. The summed E-state index contributed by atoms with van der Waals surface area (Å²) >= 11 is 6.10. The summed E-state index contributed by atoms with van der Waals surface area (Å²) in [6.07, 6.45) is 3.72. The lowest BCUT2D eigenvalue weighted by atomic mass is 9.93. The maximum Gasteiger partial charge on any atom is 0.250 e. The van der Waals surface area contributed by atoms with Gasteiger partial charge in [-0.3, -0.25) is 10.1 Å². The topological polar surface area (TPSA) is 71.8 Å². The molecule has 0 unspecified atom stereocenters. The highest BCUT2D eigenvalue weighted by atomic mass is 35.5. The third kappa shape index (κ3) is 4.84. The number of rotatable bonds is 5. The monoisotopic (exact) mass is 473 g/mol. The van der Waals surface area contributed by atoms with Crippen molar-refractivity contribution in [1.29, 1.82) is 0 Å². The van der Waals surface area contributed by atoms with Crippen molar-refractivity contribution >= 4 is 35.5 Å². The Bertz CT molecular complexity index is 1320. The SMILES string of the molecule is O=C(/C=C/c1ccc(F)cc1)Nc1nc2n(n1)[C@H](c1ccc(Cl)cc1)C[C@H](c1ccccc1)N2. The fourth-order valence-corrected chi connectivity index (χ4v) is 4.12. The second-order valence-corrected chi connectivity index (χ2v) is 8.42. The minimum atomic E-state index is -0.380. The highest BCUT2D eigenvalue weighted by Crippen LogP contribution is 2.38. The van der Waals surface area contributed by atoms with Gasteiger partial charge in [0.1, 0.15) is 5.82 Å². The van der Waals surface area contributed by atoms with Crippen LogP contribution in [0.2, 0.25) is 5.02 Å². The second kappa shape index (κ2) is 9.49. The molecule has 3 aromatic carbocycles. The minimum Gasteiger partial charge on any atom is -0.347 e. The third-order valence-corrected chi connectivity index (χ3v) is 5.93. The van der Waals surface area contributed by atoms with Gasteiger partial charge in [0.05, 0.1) is 12.1 Å². The average molecular weight is 474 g/mol. The molecule has 1 aliphatic rings. The fraction of sp³-hybridized carbons (Fsp3) is 0.115. The number of nitrogens with zero attached hydrogens (tertiary/aromatic N) is 3. The Balaban J connectivity index is 1.40. The molecule has 1 aromatic heterocycles. The average Bonchev–Trinajstić information content (AvgIpc) is 3.26. The first-order valence-corrected chi connectivity index (χ1v) is 11.2. The van der Waals surface area contributed by atoms with E-state index in [1.165, 1.54) is 18.2 Å². The third-order valence-electron chi connectivity index (χ3n) is 5.68. The number of benzene rings is 3. The number of halogens is 2. The van der Waals surface area contributed by atoms with Crippen LogP contribution >= 0.6 is 11.6 Å². The summed E-state index contributed by atoms with van der Waals surface area (Å²) in [4.78, 5) is 17.0. The van der Waals surface area contributed by atoms with Crippen LogP contribution in [-0.4, -0.2) is 20.7 Å². The highest BCUT2D eigenvalue weighted by Gasteiger charge is 2.31. The largest absolute Gasteiger partial charge is 0.347 e. The maximum absolute atomic E-state index is 13.1. The van der Waals surface area contributed by atoms with Crippen molar-refractivity contribution in [3.8, 4) is 0 Å². The Kier molecular flexibility index (Phi) is 6.10. The van der Waals surface area contributed by atoms with Crippen molar-refractivity contribution in [2.24, 2.45) is 0 Å². The van der Waals surface area contributed by atoms with Crippen LogP contribution in [0.25, 0.3) is 6.08 Å². The Morgan fingerprint density at radius 2 is 1.76 bits per heavy atom. The quantitative estimate of drug-likeness (QED) is 0.356. The first kappa shape index (κ1) is 21.9. The summed E-state index contributed by atoms with van der Waals surface area (Å²) in [6, 6.07) is 23.6. The molecule has 4 aromatic rings. The molecular weight excluding hydrogens is 453 g/mol. The van der Waals surface area contributed by atoms with Crippen molar-refractivity contribution in [2.75, 3.05) is 10.6 Å². The van der Waals surface area contributed by atoms with Crippen LogP contribution in [0, 0.1) is 5.82 Å². The molecule has 34 heavy (non-hydrogen) atoms. The molecule has 2 atom stereocenters. The summed E-state index contributed by atoms with van der Waals surface area (Å²) in [7, 11) is 0. The maximum atomic E-state index is 13.1. The van der Waals surface area contributed by atoms with Gasteiger partial charge in [0.2, 0.25) is 5.95 Å². The molecule has 8 heteroatoms. The van der Waals surface area contributed by atoms with Gasteiger partial charge in [0.15, 0.2) is 0 Å². The van der Waals surface area contributed by atoms with Gasteiger partial charge in [-0.2, -0.15) is 4.98 Å². The lowest BCUT2D eigenvalue weighted by molar-refractivity contribution is -0.111. The van der Waals surface area contributed by atoms with Crippen LogP contribution in [0.5, 0.6) is 0 Å². The number of anilines is 2. The summed E-state index contributed by atoms with van der Waals surface area (Å²) in [5, 5.41) is 11.4. The Morgan fingerprint density at radius 3 is 2.50 bits per heavy atom. The molecule has 1 amide bonds. The molecule has 0 spiro atoms. The molecule has 0 saturated heterocycles. The molecule has 6 nitrogen and oxygen atoms in total. The summed E-state index contributed by atoms with van der Waals surface area (Å²) in [5.41, 5.74) is 2.90. The van der Waals surface area contributed by atoms with Crippen molar-refractivity contribution in [3.05, 3.63) is 112 Å². The molecule has 0 bridgehead atoms. The summed E-state index contributed by atoms with van der Waals surface area (Å²) in [6.45, 7) is 0. The van der Waals surface area contributed by atoms with Crippen LogP contribution in [0.3, 0.4) is 0 Å². The first-order valence-electron chi connectivity index (χ1n) is 10.8. The zero-order valence-corrected chi connectivity index (χ0v) is 18.8. The number of amides is 1. The normalized spacial score (nSPS) is 17.2. The number of carbonyl (C=O) groups excluding carboxylic acids is 1. The Morgan fingerprint density at radius 1 is 1.03 bits per heavy atom. The second-order valence-electron chi connectivity index (χ2n) is 7.99. The van der Waals surface area contributed by atoms with Crippen molar-refractivity contribution in [3.63, 3.8) is 0 Å². The van der Waals surface area contributed by atoms with Crippen LogP contribution in [0.1, 0.15) is 35.2 Å². The van der Waals surface area contributed by atoms with Gasteiger partial charge >= 0.3 is 0 Å². The number of hydrogen-bond acceptors (Lipinski definition) is 4. The van der Waals surface area contributed by atoms with Gasteiger partial charge in [-0.25, -0.2) is 9.07 Å². The fourth-order valence-electron chi connectivity index (χ4n) is 3.99. The predicted octanol–water partition coefficient (Wildman–Crippen LogP) is 5.87.